The second-order valence-corrected chi connectivity index (χ2v) is 6.21. The lowest BCUT2D eigenvalue weighted by molar-refractivity contribution is -0.149. The number of esters is 1. The van der Waals surface area contributed by atoms with Gasteiger partial charge in [0.2, 0.25) is 0 Å². The third-order valence-corrected chi connectivity index (χ3v) is 4.20. The van der Waals surface area contributed by atoms with Gasteiger partial charge in [-0.05, 0) is 69.7 Å². The number of ether oxygens (including phenoxy) is 2. The van der Waals surface area contributed by atoms with Gasteiger partial charge in [-0.2, -0.15) is 5.26 Å². The number of hydrogen-bond acceptors (Lipinski definition) is 5. The molecule has 1 aromatic heterocycles. The molecule has 28 heavy (non-hydrogen) atoms. The fourth-order valence-electron chi connectivity index (χ4n) is 2.76. The van der Waals surface area contributed by atoms with Crippen LogP contribution in [0.3, 0.4) is 0 Å². The van der Waals surface area contributed by atoms with Crippen LogP contribution in [-0.2, 0) is 14.3 Å². The zero-order valence-electron chi connectivity index (χ0n) is 16.4. The highest BCUT2D eigenvalue weighted by Crippen LogP contribution is 2.24. The van der Waals surface area contributed by atoms with Gasteiger partial charge in [0.15, 0.2) is 6.10 Å². The molecule has 0 aliphatic heterocycles. The van der Waals surface area contributed by atoms with Crippen molar-refractivity contribution in [3.8, 4) is 17.5 Å². The van der Waals surface area contributed by atoms with Crippen LogP contribution in [0.2, 0.25) is 0 Å². The molecule has 0 fully saturated rings. The third-order valence-electron chi connectivity index (χ3n) is 4.20. The van der Waals surface area contributed by atoms with Crippen LogP contribution in [0.15, 0.2) is 35.9 Å². The van der Waals surface area contributed by atoms with Crippen molar-refractivity contribution < 1.29 is 19.1 Å². The summed E-state index contributed by atoms with van der Waals surface area (Å²) in [6.07, 6.45) is 0.337. The zero-order chi connectivity index (χ0) is 20.8. The number of carbonyl (C=O) groups excluding carboxylic acids is 2. The van der Waals surface area contributed by atoms with Gasteiger partial charge in [0, 0.05) is 17.1 Å². The Morgan fingerprint density at radius 3 is 2.46 bits per heavy atom. The third kappa shape index (κ3) is 4.60. The highest BCUT2D eigenvalue weighted by Gasteiger charge is 2.19. The molecule has 0 bridgehead atoms. The number of carbonyl (C=O) groups is 2. The van der Waals surface area contributed by atoms with E-state index in [9.17, 15) is 14.9 Å². The minimum Gasteiger partial charge on any atom is -0.494 e. The molecular weight excluding hydrogens is 358 g/mol. The Morgan fingerprint density at radius 2 is 1.93 bits per heavy atom. The Labute approximate surface area is 164 Å². The molecule has 1 atom stereocenters. The van der Waals surface area contributed by atoms with Crippen LogP contribution in [-0.4, -0.2) is 29.2 Å². The largest absolute Gasteiger partial charge is 0.494 e. The second kappa shape index (κ2) is 8.91. The van der Waals surface area contributed by atoms with Gasteiger partial charge in [-0.15, -0.1) is 0 Å². The van der Waals surface area contributed by atoms with Gasteiger partial charge in [-0.1, -0.05) is 0 Å². The van der Waals surface area contributed by atoms with Crippen molar-refractivity contribution in [2.24, 2.45) is 5.73 Å². The van der Waals surface area contributed by atoms with Crippen LogP contribution < -0.4 is 10.5 Å². The number of aryl methyl sites for hydroxylation is 1. The van der Waals surface area contributed by atoms with Crippen molar-refractivity contribution in [1.29, 1.82) is 5.26 Å². The number of nitrogens with two attached hydrogens (primary N) is 1. The molecule has 2 rings (SSSR count). The maximum absolute atomic E-state index is 12.1. The van der Waals surface area contributed by atoms with Gasteiger partial charge < -0.3 is 19.8 Å². The minimum atomic E-state index is -1.11. The van der Waals surface area contributed by atoms with E-state index in [1.54, 1.807) is 0 Å². The van der Waals surface area contributed by atoms with Crippen LogP contribution in [0.4, 0.5) is 0 Å². The van der Waals surface area contributed by atoms with E-state index < -0.39 is 18.0 Å². The summed E-state index contributed by atoms with van der Waals surface area (Å²) < 4.78 is 12.4. The standard InChI is InChI=1S/C21H23N3O4/c1-5-27-19-8-6-18(7-9-19)24-13(2)10-16(14(24)3)11-17(12-22)21(26)28-15(4)20(23)25/h6-11,15H,5H2,1-4H3,(H2,23,25)/b17-11+/t15-/m0/s1. The van der Waals surface area contributed by atoms with Crippen molar-refractivity contribution in [3.05, 3.63) is 52.9 Å². The number of primary amides is 1. The highest BCUT2D eigenvalue weighted by atomic mass is 16.5. The quantitative estimate of drug-likeness (QED) is 0.451. The van der Waals surface area contributed by atoms with Gasteiger partial charge in [0.05, 0.1) is 6.61 Å². The lowest BCUT2D eigenvalue weighted by atomic mass is 10.1. The van der Waals surface area contributed by atoms with E-state index >= 15 is 0 Å². The van der Waals surface area contributed by atoms with E-state index in [4.69, 9.17) is 15.2 Å². The summed E-state index contributed by atoms with van der Waals surface area (Å²) in [5.74, 6) is -0.883. The van der Waals surface area contributed by atoms with Crippen LogP contribution in [0.5, 0.6) is 5.75 Å². The average Bonchev–Trinajstić information content (AvgIpc) is 2.93. The number of nitrogens with zero attached hydrogens (tertiary/aromatic N) is 2. The first-order valence-electron chi connectivity index (χ1n) is 8.82. The minimum absolute atomic E-state index is 0.208. The molecule has 1 heterocycles. The summed E-state index contributed by atoms with van der Waals surface area (Å²) in [5, 5.41) is 9.32. The Bertz CT molecular complexity index is 949. The van der Waals surface area contributed by atoms with Crippen molar-refractivity contribution in [2.75, 3.05) is 6.61 Å². The summed E-state index contributed by atoms with van der Waals surface area (Å²) in [7, 11) is 0. The average molecular weight is 381 g/mol. The molecule has 0 radical (unpaired) electrons. The molecule has 1 aromatic carbocycles. The van der Waals surface area contributed by atoms with E-state index in [0.717, 1.165) is 22.8 Å². The van der Waals surface area contributed by atoms with Crippen molar-refractivity contribution in [3.63, 3.8) is 0 Å². The maximum Gasteiger partial charge on any atom is 0.349 e. The molecule has 0 unspecified atom stereocenters. The smallest absolute Gasteiger partial charge is 0.349 e. The SMILES string of the molecule is CCOc1ccc(-n2c(C)cc(/C=C(\C#N)C(=O)O[C@@H](C)C(N)=O)c2C)cc1. The Morgan fingerprint density at radius 1 is 1.29 bits per heavy atom. The van der Waals surface area contributed by atoms with Crippen LogP contribution in [0.25, 0.3) is 11.8 Å². The van der Waals surface area contributed by atoms with Crippen molar-refractivity contribution in [2.45, 2.75) is 33.8 Å². The maximum atomic E-state index is 12.1. The summed E-state index contributed by atoms with van der Waals surface area (Å²) >= 11 is 0. The van der Waals surface area contributed by atoms with Gasteiger partial charge in [0.25, 0.3) is 5.91 Å². The molecule has 0 spiro atoms. The Hall–Kier alpha value is -3.53. The number of hydrogen-bond donors (Lipinski definition) is 1. The van der Waals surface area contributed by atoms with Gasteiger partial charge in [-0.3, -0.25) is 4.79 Å². The molecule has 0 saturated carbocycles. The lowest BCUT2D eigenvalue weighted by Crippen LogP contribution is -2.30. The van der Waals surface area contributed by atoms with Crippen molar-refractivity contribution in [1.82, 2.24) is 4.57 Å². The molecule has 7 heteroatoms. The molecule has 2 aromatic rings. The predicted octanol–water partition coefficient (Wildman–Crippen LogP) is 2.82. The topological polar surface area (TPSA) is 107 Å². The van der Waals surface area contributed by atoms with E-state index in [-0.39, 0.29) is 5.57 Å². The van der Waals surface area contributed by atoms with Crippen molar-refractivity contribution >= 4 is 18.0 Å². The van der Waals surface area contributed by atoms with E-state index in [2.05, 4.69) is 0 Å². The monoisotopic (exact) mass is 381 g/mol. The molecule has 146 valence electrons. The number of nitriles is 1. The highest BCUT2D eigenvalue weighted by molar-refractivity contribution is 5.99. The number of amides is 1. The first-order chi connectivity index (χ1) is 13.3. The number of rotatable bonds is 7. The zero-order valence-corrected chi connectivity index (χ0v) is 16.4. The number of aromatic nitrogens is 1. The first-order valence-corrected chi connectivity index (χ1v) is 8.82. The predicted molar refractivity (Wildman–Crippen MR) is 105 cm³/mol. The number of benzene rings is 1. The van der Waals surface area contributed by atoms with Gasteiger partial charge in [0.1, 0.15) is 17.4 Å². The summed E-state index contributed by atoms with van der Waals surface area (Å²) in [6.45, 7) is 7.70. The summed E-state index contributed by atoms with van der Waals surface area (Å²) in [6, 6.07) is 11.3. The van der Waals surface area contributed by atoms with E-state index in [1.165, 1.54) is 13.0 Å². The van der Waals surface area contributed by atoms with E-state index in [0.29, 0.717) is 12.2 Å². The summed E-state index contributed by atoms with van der Waals surface area (Å²) in [4.78, 5) is 23.2. The van der Waals surface area contributed by atoms with E-state index in [1.807, 2.05) is 61.7 Å². The molecule has 0 aliphatic carbocycles. The van der Waals surface area contributed by atoms with Gasteiger partial charge in [-0.25, -0.2) is 4.79 Å². The Kier molecular flexibility index (Phi) is 6.61. The van der Waals surface area contributed by atoms with Crippen LogP contribution >= 0.6 is 0 Å². The molecule has 0 aliphatic rings. The lowest BCUT2D eigenvalue weighted by Gasteiger charge is -2.11. The fourth-order valence-corrected chi connectivity index (χ4v) is 2.76. The normalized spacial score (nSPS) is 12.2. The molecule has 7 nitrogen and oxygen atoms in total. The first kappa shape index (κ1) is 20.8. The summed E-state index contributed by atoms with van der Waals surface area (Å²) in [5.41, 5.74) is 8.30. The fraction of sp³-hybridized carbons (Fsp3) is 0.286. The van der Waals surface area contributed by atoms with Crippen LogP contribution in [0.1, 0.15) is 30.8 Å². The second-order valence-electron chi connectivity index (χ2n) is 6.21. The molecule has 2 N–H and O–H groups in total. The molecule has 1 amide bonds. The molecular formula is C21H23N3O4. The van der Waals surface area contributed by atoms with Crippen LogP contribution in [0, 0.1) is 25.2 Å². The van der Waals surface area contributed by atoms with Gasteiger partial charge >= 0.3 is 5.97 Å². The molecule has 0 saturated heterocycles. The Balaban J connectivity index is 2.36.